The molecule has 0 unspecified atom stereocenters. The van der Waals surface area contributed by atoms with Crippen molar-refractivity contribution in [3.05, 3.63) is 66.2 Å². The third-order valence-corrected chi connectivity index (χ3v) is 4.45. The van der Waals surface area contributed by atoms with Gasteiger partial charge in [-0.3, -0.25) is 4.90 Å². The van der Waals surface area contributed by atoms with E-state index in [1.165, 1.54) is 5.56 Å². The molecule has 0 spiro atoms. The summed E-state index contributed by atoms with van der Waals surface area (Å²) in [4.78, 5) is 15.3. The molecule has 1 amide bonds. The number of hydrogen-bond acceptors (Lipinski definition) is 4. The lowest BCUT2D eigenvalue weighted by Gasteiger charge is -2.41. The largest absolute Gasteiger partial charge is 0.442 e. The van der Waals surface area contributed by atoms with Crippen molar-refractivity contribution in [3.8, 4) is 0 Å². The molecule has 144 valence electrons. The van der Waals surface area contributed by atoms with Crippen molar-refractivity contribution >= 4 is 11.8 Å². The fourth-order valence-electron chi connectivity index (χ4n) is 3.20. The van der Waals surface area contributed by atoms with Crippen LogP contribution in [0.1, 0.15) is 26.3 Å². The van der Waals surface area contributed by atoms with Gasteiger partial charge in [-0.1, -0.05) is 48.5 Å². The molecule has 1 heterocycles. The first kappa shape index (κ1) is 19.4. The minimum Gasteiger partial charge on any atom is -0.442 e. The normalized spacial score (nSPS) is 16.1. The molecule has 3 rings (SSSR count). The van der Waals surface area contributed by atoms with Crippen LogP contribution in [0.25, 0.3) is 0 Å². The molecule has 0 radical (unpaired) electrons. The SMILES string of the molecule is CC(C)(C)OC(=O)N(c1ccccc1)N1CCN(Cc2ccccc2)CC1. The van der Waals surface area contributed by atoms with Gasteiger partial charge in [-0.05, 0) is 38.5 Å². The van der Waals surface area contributed by atoms with Crippen LogP contribution >= 0.6 is 0 Å². The Morgan fingerprint density at radius 2 is 1.48 bits per heavy atom. The van der Waals surface area contributed by atoms with Crippen LogP contribution in [0.15, 0.2) is 60.7 Å². The Morgan fingerprint density at radius 3 is 2.04 bits per heavy atom. The first-order valence-corrected chi connectivity index (χ1v) is 9.52. The van der Waals surface area contributed by atoms with Crippen molar-refractivity contribution in [2.75, 3.05) is 31.2 Å². The van der Waals surface area contributed by atoms with Crippen molar-refractivity contribution in [3.63, 3.8) is 0 Å². The van der Waals surface area contributed by atoms with E-state index in [1.54, 1.807) is 5.01 Å². The number of piperazine rings is 1. The van der Waals surface area contributed by atoms with Crippen molar-refractivity contribution in [1.82, 2.24) is 9.91 Å². The molecule has 5 heteroatoms. The fraction of sp³-hybridized carbons (Fsp3) is 0.409. The summed E-state index contributed by atoms with van der Waals surface area (Å²) < 4.78 is 5.66. The zero-order chi connectivity index (χ0) is 19.3. The number of para-hydroxylation sites is 1. The van der Waals surface area contributed by atoms with Crippen molar-refractivity contribution < 1.29 is 9.53 Å². The molecule has 0 bridgehead atoms. The molecule has 0 atom stereocenters. The van der Waals surface area contributed by atoms with E-state index in [0.29, 0.717) is 0 Å². The average Bonchev–Trinajstić information content (AvgIpc) is 2.64. The monoisotopic (exact) mass is 367 g/mol. The number of nitrogens with zero attached hydrogens (tertiary/aromatic N) is 3. The predicted octanol–water partition coefficient (Wildman–Crippen LogP) is 4.16. The second-order valence-electron chi connectivity index (χ2n) is 7.84. The summed E-state index contributed by atoms with van der Waals surface area (Å²) in [7, 11) is 0. The number of anilines is 1. The molecule has 0 aliphatic carbocycles. The van der Waals surface area contributed by atoms with Gasteiger partial charge in [-0.2, -0.15) is 0 Å². The van der Waals surface area contributed by atoms with Gasteiger partial charge >= 0.3 is 6.09 Å². The van der Waals surface area contributed by atoms with E-state index in [1.807, 2.05) is 57.2 Å². The minimum absolute atomic E-state index is 0.329. The highest BCUT2D eigenvalue weighted by Crippen LogP contribution is 2.21. The van der Waals surface area contributed by atoms with Gasteiger partial charge in [0, 0.05) is 32.7 Å². The minimum atomic E-state index is -0.529. The summed E-state index contributed by atoms with van der Waals surface area (Å²) in [5.74, 6) is 0. The highest BCUT2D eigenvalue weighted by atomic mass is 16.6. The average molecular weight is 367 g/mol. The molecule has 27 heavy (non-hydrogen) atoms. The van der Waals surface area contributed by atoms with Crippen molar-refractivity contribution in [1.29, 1.82) is 0 Å². The predicted molar refractivity (Wildman–Crippen MR) is 108 cm³/mol. The molecule has 2 aromatic rings. The van der Waals surface area contributed by atoms with Gasteiger partial charge in [0.1, 0.15) is 5.60 Å². The van der Waals surface area contributed by atoms with Gasteiger partial charge < -0.3 is 4.74 Å². The standard InChI is InChI=1S/C22H29N3O2/c1-22(2,3)27-21(26)25(20-12-8-5-9-13-20)24-16-14-23(15-17-24)18-19-10-6-4-7-11-19/h4-13H,14-18H2,1-3H3. The summed E-state index contributed by atoms with van der Waals surface area (Å²) in [6.45, 7) is 9.99. The zero-order valence-electron chi connectivity index (χ0n) is 16.5. The number of hydrazine groups is 1. The van der Waals surface area contributed by atoms with E-state index >= 15 is 0 Å². The fourth-order valence-corrected chi connectivity index (χ4v) is 3.20. The second kappa shape index (κ2) is 8.55. The summed E-state index contributed by atoms with van der Waals surface area (Å²) in [5, 5.41) is 3.77. The van der Waals surface area contributed by atoms with Crippen LogP contribution in [0.5, 0.6) is 0 Å². The number of hydrogen-bond donors (Lipinski definition) is 0. The van der Waals surface area contributed by atoms with Gasteiger partial charge in [-0.15, -0.1) is 0 Å². The first-order chi connectivity index (χ1) is 12.9. The van der Waals surface area contributed by atoms with Gasteiger partial charge in [0.2, 0.25) is 0 Å². The van der Waals surface area contributed by atoms with E-state index < -0.39 is 5.60 Å². The molecule has 2 aromatic carbocycles. The lowest BCUT2D eigenvalue weighted by atomic mass is 10.2. The smallest absolute Gasteiger partial charge is 0.429 e. The van der Waals surface area contributed by atoms with E-state index in [-0.39, 0.29) is 6.09 Å². The molecular weight excluding hydrogens is 338 g/mol. The Balaban J connectivity index is 1.68. The summed E-state index contributed by atoms with van der Waals surface area (Å²) in [5.41, 5.74) is 1.63. The number of benzene rings is 2. The summed E-state index contributed by atoms with van der Waals surface area (Å²) in [6, 6.07) is 20.2. The highest BCUT2D eigenvalue weighted by molar-refractivity contribution is 5.86. The molecule has 0 saturated carbocycles. The number of rotatable bonds is 4. The van der Waals surface area contributed by atoms with Gasteiger partial charge in [0.15, 0.2) is 0 Å². The summed E-state index contributed by atoms with van der Waals surface area (Å²) in [6.07, 6.45) is -0.329. The van der Waals surface area contributed by atoms with Gasteiger partial charge in [0.05, 0.1) is 5.69 Å². The van der Waals surface area contributed by atoms with Crippen LogP contribution in [0.3, 0.4) is 0 Å². The Labute approximate surface area is 162 Å². The topological polar surface area (TPSA) is 36.0 Å². The Morgan fingerprint density at radius 1 is 0.926 bits per heavy atom. The third-order valence-electron chi connectivity index (χ3n) is 4.45. The quantitative estimate of drug-likeness (QED) is 0.813. The molecule has 0 N–H and O–H groups in total. The van der Waals surface area contributed by atoms with Crippen LogP contribution in [-0.2, 0) is 11.3 Å². The van der Waals surface area contributed by atoms with Crippen molar-refractivity contribution in [2.45, 2.75) is 32.9 Å². The van der Waals surface area contributed by atoms with Crippen LogP contribution in [0.2, 0.25) is 0 Å². The molecule has 1 fully saturated rings. The first-order valence-electron chi connectivity index (χ1n) is 9.52. The molecule has 5 nitrogen and oxygen atoms in total. The lowest BCUT2D eigenvalue weighted by molar-refractivity contribution is 0.0384. The third kappa shape index (κ3) is 5.55. The number of ether oxygens (including phenoxy) is 1. The van der Waals surface area contributed by atoms with E-state index in [9.17, 15) is 4.79 Å². The zero-order valence-corrected chi connectivity index (χ0v) is 16.5. The highest BCUT2D eigenvalue weighted by Gasteiger charge is 2.30. The van der Waals surface area contributed by atoms with Gasteiger partial charge in [0.25, 0.3) is 0 Å². The molecule has 1 aliphatic rings. The number of amides is 1. The van der Waals surface area contributed by atoms with E-state index in [2.05, 4.69) is 34.2 Å². The maximum absolute atomic E-state index is 12.9. The second-order valence-corrected chi connectivity index (χ2v) is 7.84. The summed E-state index contributed by atoms with van der Waals surface area (Å²) >= 11 is 0. The van der Waals surface area contributed by atoms with Crippen LogP contribution in [0.4, 0.5) is 10.5 Å². The van der Waals surface area contributed by atoms with E-state index in [0.717, 1.165) is 38.4 Å². The number of carbonyl (C=O) groups excluding carboxylic acids is 1. The van der Waals surface area contributed by atoms with Crippen LogP contribution in [-0.4, -0.2) is 47.8 Å². The Hall–Kier alpha value is -2.37. The lowest BCUT2D eigenvalue weighted by Crippen LogP contribution is -2.56. The Kier molecular flexibility index (Phi) is 6.14. The van der Waals surface area contributed by atoms with Crippen LogP contribution < -0.4 is 5.01 Å². The molecule has 1 saturated heterocycles. The maximum atomic E-state index is 12.9. The van der Waals surface area contributed by atoms with Crippen LogP contribution in [0, 0.1) is 0 Å². The molecule has 0 aromatic heterocycles. The maximum Gasteiger partial charge on any atom is 0.429 e. The number of carbonyl (C=O) groups is 1. The molecular formula is C22H29N3O2. The van der Waals surface area contributed by atoms with E-state index in [4.69, 9.17) is 4.74 Å². The van der Waals surface area contributed by atoms with Crippen molar-refractivity contribution in [2.24, 2.45) is 0 Å². The van der Waals surface area contributed by atoms with Gasteiger partial charge in [-0.25, -0.2) is 14.8 Å². The Bertz CT molecular complexity index is 720. The molecule has 1 aliphatic heterocycles.